The molecule has 0 fully saturated rings. The van der Waals surface area contributed by atoms with Crippen molar-refractivity contribution < 1.29 is 9.60 Å². The maximum Gasteiger partial charge on any atom is 0.149 e. The van der Waals surface area contributed by atoms with Crippen LogP contribution in [0.2, 0.25) is 0 Å². The molecule has 0 amide bonds. The normalized spacial score (nSPS) is 10.6. The average Bonchev–Trinajstić information content (AvgIpc) is 2.03. The summed E-state index contributed by atoms with van der Waals surface area (Å²) >= 11 is 0. The van der Waals surface area contributed by atoms with Crippen LogP contribution in [0.5, 0.6) is 0 Å². The standard InChI is InChI=1S/C8H9FN2O/c1-6-2-3-8(7(9)4-6)10-5-11-12/h2-5,12H,1H3,(H,10,11). The maximum absolute atomic E-state index is 13.0. The van der Waals surface area contributed by atoms with Gasteiger partial charge in [0.05, 0.1) is 0 Å². The van der Waals surface area contributed by atoms with Gasteiger partial charge in [-0.05, 0) is 24.6 Å². The third kappa shape index (κ3) is 2.03. The molecule has 12 heavy (non-hydrogen) atoms. The molecule has 4 heteroatoms. The van der Waals surface area contributed by atoms with Crippen LogP contribution in [0, 0.1) is 12.7 Å². The zero-order chi connectivity index (χ0) is 8.97. The third-order valence-corrected chi connectivity index (χ3v) is 1.36. The lowest BCUT2D eigenvalue weighted by atomic mass is 10.2. The van der Waals surface area contributed by atoms with Gasteiger partial charge in [0.15, 0.2) is 0 Å². The first-order chi connectivity index (χ1) is 5.74. The molecular formula is C8H9FN2O. The molecule has 1 aromatic rings. The van der Waals surface area contributed by atoms with Crippen molar-refractivity contribution in [3.63, 3.8) is 0 Å². The third-order valence-electron chi connectivity index (χ3n) is 1.36. The van der Waals surface area contributed by atoms with Gasteiger partial charge < -0.3 is 0 Å². The zero-order valence-corrected chi connectivity index (χ0v) is 6.58. The molecule has 3 nitrogen and oxygen atoms in total. The van der Waals surface area contributed by atoms with E-state index in [1.54, 1.807) is 24.5 Å². The summed E-state index contributed by atoms with van der Waals surface area (Å²) in [6.07, 6.45) is 1.01. The van der Waals surface area contributed by atoms with Crippen LogP contribution in [-0.4, -0.2) is 11.5 Å². The predicted molar refractivity (Wildman–Crippen MR) is 44.2 cm³/mol. The number of rotatable bonds is 2. The monoisotopic (exact) mass is 168 g/mol. The van der Waals surface area contributed by atoms with E-state index in [2.05, 4.69) is 4.99 Å². The fraction of sp³-hybridized carbons (Fsp3) is 0.125. The first-order valence-electron chi connectivity index (χ1n) is 3.42. The minimum atomic E-state index is -0.401. The lowest BCUT2D eigenvalue weighted by Gasteiger charge is -1.96. The van der Waals surface area contributed by atoms with E-state index in [4.69, 9.17) is 5.21 Å². The van der Waals surface area contributed by atoms with Crippen molar-refractivity contribution in [2.24, 2.45) is 4.99 Å². The van der Waals surface area contributed by atoms with Crippen molar-refractivity contribution in [1.29, 1.82) is 0 Å². The second-order valence-electron chi connectivity index (χ2n) is 2.34. The summed E-state index contributed by atoms with van der Waals surface area (Å²) in [6.45, 7) is 1.79. The van der Waals surface area contributed by atoms with Crippen LogP contribution in [0.4, 0.5) is 10.1 Å². The number of aliphatic imine (C=N–C) groups is 1. The summed E-state index contributed by atoms with van der Waals surface area (Å²) < 4.78 is 13.0. The number of hydrogen-bond donors (Lipinski definition) is 2. The summed E-state index contributed by atoms with van der Waals surface area (Å²) in [6, 6.07) is 4.66. The predicted octanol–water partition coefficient (Wildman–Crippen LogP) is 1.77. The van der Waals surface area contributed by atoms with Crippen LogP contribution in [0.25, 0.3) is 0 Å². The number of nitrogens with zero attached hydrogens (tertiary/aromatic N) is 1. The van der Waals surface area contributed by atoms with Crippen LogP contribution in [0.3, 0.4) is 0 Å². The Morgan fingerprint density at radius 1 is 1.58 bits per heavy atom. The van der Waals surface area contributed by atoms with Gasteiger partial charge in [0.1, 0.15) is 17.8 Å². The van der Waals surface area contributed by atoms with E-state index in [-0.39, 0.29) is 5.69 Å². The molecular weight excluding hydrogens is 159 g/mol. The Hall–Kier alpha value is -1.42. The van der Waals surface area contributed by atoms with Gasteiger partial charge in [0.25, 0.3) is 0 Å². The van der Waals surface area contributed by atoms with Crippen molar-refractivity contribution in [3.05, 3.63) is 29.6 Å². The molecule has 1 rings (SSSR count). The number of hydrogen-bond acceptors (Lipinski definition) is 2. The highest BCUT2D eigenvalue weighted by molar-refractivity contribution is 5.60. The molecule has 0 saturated carbocycles. The molecule has 64 valence electrons. The SMILES string of the molecule is Cc1ccc(N=CNO)c(F)c1. The van der Waals surface area contributed by atoms with Crippen molar-refractivity contribution >= 4 is 12.0 Å². The average molecular weight is 168 g/mol. The first kappa shape index (κ1) is 8.67. The van der Waals surface area contributed by atoms with Crippen LogP contribution in [-0.2, 0) is 0 Å². The van der Waals surface area contributed by atoms with E-state index >= 15 is 0 Å². The minimum absolute atomic E-state index is 0.196. The van der Waals surface area contributed by atoms with Gasteiger partial charge in [-0.3, -0.25) is 10.7 Å². The fourth-order valence-electron chi connectivity index (χ4n) is 0.815. The Bertz CT molecular complexity index is 299. The summed E-state index contributed by atoms with van der Waals surface area (Å²) in [4.78, 5) is 3.60. The Kier molecular flexibility index (Phi) is 2.76. The second kappa shape index (κ2) is 3.82. The summed E-state index contributed by atoms with van der Waals surface area (Å²) in [7, 11) is 0. The lowest BCUT2D eigenvalue weighted by molar-refractivity contribution is 0.240. The lowest BCUT2D eigenvalue weighted by Crippen LogP contribution is -2.01. The molecule has 0 aromatic heterocycles. The first-order valence-corrected chi connectivity index (χ1v) is 3.42. The molecule has 0 unspecified atom stereocenters. The summed E-state index contributed by atoms with van der Waals surface area (Å²) in [5, 5.41) is 8.15. The summed E-state index contributed by atoms with van der Waals surface area (Å²) in [5.74, 6) is -0.401. The van der Waals surface area contributed by atoms with Crippen molar-refractivity contribution in [1.82, 2.24) is 5.48 Å². The van der Waals surface area contributed by atoms with Crippen molar-refractivity contribution in [2.45, 2.75) is 6.92 Å². The highest BCUT2D eigenvalue weighted by Crippen LogP contribution is 2.17. The van der Waals surface area contributed by atoms with Gasteiger partial charge in [-0.15, -0.1) is 0 Å². The van der Waals surface area contributed by atoms with Crippen molar-refractivity contribution in [2.75, 3.05) is 0 Å². The van der Waals surface area contributed by atoms with Crippen LogP contribution < -0.4 is 5.48 Å². The largest absolute Gasteiger partial charge is 0.290 e. The van der Waals surface area contributed by atoms with Gasteiger partial charge in [-0.1, -0.05) is 6.07 Å². The fourth-order valence-corrected chi connectivity index (χ4v) is 0.815. The van der Waals surface area contributed by atoms with Gasteiger partial charge in [-0.2, -0.15) is 0 Å². The quantitative estimate of drug-likeness (QED) is 0.401. The number of nitrogens with one attached hydrogen (secondary N) is 1. The second-order valence-corrected chi connectivity index (χ2v) is 2.34. The van der Waals surface area contributed by atoms with E-state index in [1.807, 2.05) is 0 Å². The number of hydroxylamine groups is 1. The van der Waals surface area contributed by atoms with Gasteiger partial charge in [0.2, 0.25) is 0 Å². The van der Waals surface area contributed by atoms with Gasteiger partial charge >= 0.3 is 0 Å². The topological polar surface area (TPSA) is 44.6 Å². The van der Waals surface area contributed by atoms with Gasteiger partial charge in [0, 0.05) is 0 Å². The maximum atomic E-state index is 13.0. The van der Waals surface area contributed by atoms with Crippen LogP contribution >= 0.6 is 0 Å². The molecule has 0 saturated heterocycles. The molecule has 0 aliphatic rings. The van der Waals surface area contributed by atoms with E-state index in [0.717, 1.165) is 11.9 Å². The Labute approximate surface area is 69.5 Å². The van der Waals surface area contributed by atoms with Crippen molar-refractivity contribution in [3.8, 4) is 0 Å². The zero-order valence-electron chi connectivity index (χ0n) is 6.58. The number of aryl methyl sites for hydroxylation is 1. The molecule has 0 bridgehead atoms. The van der Waals surface area contributed by atoms with E-state index in [9.17, 15) is 4.39 Å². The van der Waals surface area contributed by atoms with Crippen LogP contribution in [0.15, 0.2) is 23.2 Å². The highest BCUT2D eigenvalue weighted by Gasteiger charge is 1.97. The minimum Gasteiger partial charge on any atom is -0.290 e. The van der Waals surface area contributed by atoms with Crippen LogP contribution in [0.1, 0.15) is 5.56 Å². The Morgan fingerprint density at radius 3 is 2.92 bits per heavy atom. The molecule has 0 spiro atoms. The smallest absolute Gasteiger partial charge is 0.149 e. The Balaban J connectivity index is 2.94. The number of benzene rings is 1. The van der Waals surface area contributed by atoms with E-state index in [1.165, 1.54) is 6.07 Å². The van der Waals surface area contributed by atoms with E-state index in [0.29, 0.717) is 0 Å². The van der Waals surface area contributed by atoms with E-state index < -0.39 is 5.82 Å². The molecule has 0 aliphatic heterocycles. The molecule has 0 radical (unpaired) electrons. The molecule has 2 N–H and O–H groups in total. The molecule has 1 aromatic carbocycles. The number of halogens is 1. The molecule has 0 aliphatic carbocycles. The highest BCUT2D eigenvalue weighted by atomic mass is 19.1. The van der Waals surface area contributed by atoms with Gasteiger partial charge in [-0.25, -0.2) is 9.38 Å². The summed E-state index contributed by atoms with van der Waals surface area (Å²) in [5.41, 5.74) is 2.73. The molecule has 0 heterocycles. The Morgan fingerprint density at radius 2 is 2.33 bits per heavy atom. The molecule has 0 atom stereocenters.